The lowest BCUT2D eigenvalue weighted by atomic mass is 9.86. The lowest BCUT2D eigenvalue weighted by molar-refractivity contribution is -0.0878. The lowest BCUT2D eigenvalue weighted by Gasteiger charge is -2.33. The largest absolute Gasteiger partial charge is 0.415 e. The molecule has 1 aromatic heterocycles. The molecule has 0 saturated carbocycles. The third-order valence-corrected chi connectivity index (χ3v) is 6.82. The van der Waals surface area contributed by atoms with E-state index in [1.54, 1.807) is 19.9 Å². The van der Waals surface area contributed by atoms with Crippen molar-refractivity contribution in [3.63, 3.8) is 0 Å². The normalized spacial score (nSPS) is 12.7. The van der Waals surface area contributed by atoms with Crippen molar-refractivity contribution in [3.05, 3.63) is 174 Å². The molecular weight excluding hydrogens is 529 g/mol. The topological polar surface area (TPSA) is 24.9 Å². The summed E-state index contributed by atoms with van der Waals surface area (Å²) in [7, 11) is 0. The second-order valence-electron chi connectivity index (χ2n) is 10.6. The number of hydrogen-bond donors (Lipinski definition) is 1. The van der Waals surface area contributed by atoms with Crippen LogP contribution in [0.3, 0.4) is 0 Å². The van der Waals surface area contributed by atoms with Crippen LogP contribution in [-0.2, 0) is 12.0 Å². The maximum atomic E-state index is 11.8. The first-order chi connectivity index (χ1) is 20.1. The number of benzene rings is 3. The van der Waals surface area contributed by atoms with Gasteiger partial charge < -0.3 is 5.32 Å². The highest BCUT2D eigenvalue weighted by atomic mass is 19.4. The average Bonchev–Trinajstić information content (AvgIpc) is 2.99. The number of nitrogens with zero attached hydrogens (tertiary/aromatic N) is 1. The fraction of sp³-hybridized carbons (Fsp3) is 0.216. The van der Waals surface area contributed by atoms with E-state index in [0.717, 1.165) is 30.3 Å². The van der Waals surface area contributed by atoms with Crippen molar-refractivity contribution >= 4 is 0 Å². The predicted molar refractivity (Wildman–Crippen MR) is 168 cm³/mol. The van der Waals surface area contributed by atoms with Gasteiger partial charge in [-0.2, -0.15) is 13.2 Å². The zero-order chi connectivity index (χ0) is 30.4. The fourth-order valence-electron chi connectivity index (χ4n) is 4.51. The Kier molecular flexibility index (Phi) is 12.1. The van der Waals surface area contributed by atoms with Gasteiger partial charge in [-0.15, -0.1) is 0 Å². The summed E-state index contributed by atoms with van der Waals surface area (Å²) in [5, 5.41) is 3.90. The van der Waals surface area contributed by atoms with Crippen LogP contribution in [0, 0.1) is 0 Å². The minimum absolute atomic E-state index is 0.270. The molecule has 0 aliphatic heterocycles. The van der Waals surface area contributed by atoms with Gasteiger partial charge in [-0.05, 0) is 56.0 Å². The Labute approximate surface area is 248 Å². The van der Waals surface area contributed by atoms with Gasteiger partial charge in [0.25, 0.3) is 0 Å². The van der Waals surface area contributed by atoms with Crippen LogP contribution in [0.5, 0.6) is 0 Å². The molecule has 0 radical (unpaired) electrons. The van der Waals surface area contributed by atoms with Crippen molar-refractivity contribution in [2.75, 3.05) is 6.54 Å². The molecular formula is C37H39F3N2. The average molecular weight is 569 g/mol. The molecule has 5 heteroatoms. The molecule has 4 rings (SSSR count). The quantitative estimate of drug-likeness (QED) is 0.193. The zero-order valence-electron chi connectivity index (χ0n) is 24.5. The van der Waals surface area contributed by atoms with E-state index in [0.29, 0.717) is 0 Å². The minimum atomic E-state index is -4.31. The van der Waals surface area contributed by atoms with E-state index in [4.69, 9.17) is 4.98 Å². The molecule has 218 valence electrons. The van der Waals surface area contributed by atoms with E-state index in [-0.39, 0.29) is 11.5 Å². The van der Waals surface area contributed by atoms with E-state index in [9.17, 15) is 13.2 Å². The number of aromatic nitrogens is 1. The van der Waals surface area contributed by atoms with Gasteiger partial charge in [0, 0.05) is 24.2 Å². The Morgan fingerprint density at radius 3 is 1.81 bits per heavy atom. The number of nitrogens with one attached hydrogen (secondary N) is 1. The van der Waals surface area contributed by atoms with Gasteiger partial charge in [0.2, 0.25) is 0 Å². The minimum Gasteiger partial charge on any atom is -0.305 e. The van der Waals surface area contributed by atoms with E-state index in [1.165, 1.54) is 22.8 Å². The second-order valence-corrected chi connectivity index (χ2v) is 10.6. The summed E-state index contributed by atoms with van der Waals surface area (Å²) in [5.74, 6) is 0.270. The van der Waals surface area contributed by atoms with Gasteiger partial charge in [-0.1, -0.05) is 127 Å². The monoisotopic (exact) mass is 568 g/mol. The standard InChI is InChI=1S/C28H28N2.C9H11F3/c1-28(27-19-11-12-20-29-27,21-23-13-5-2-6-14-23)30-22-26(24-15-7-3-8-16-24)25-17-9-4-10-18-25;1-7(2)5-4-6-8(3)9(10,11)12/h2-20,26,30H,21-22H2,1H3;4-6H,3H2,1-2H3/b;6-4-. The third kappa shape index (κ3) is 10.3. The van der Waals surface area contributed by atoms with Crippen LogP contribution in [-0.4, -0.2) is 17.7 Å². The molecule has 0 amide bonds. The Morgan fingerprint density at radius 1 is 0.810 bits per heavy atom. The number of halogens is 3. The molecule has 0 bridgehead atoms. The molecule has 4 aromatic rings. The summed E-state index contributed by atoms with van der Waals surface area (Å²) < 4.78 is 35.4. The Balaban J connectivity index is 0.000000343. The van der Waals surface area contributed by atoms with Crippen LogP contribution in [0.1, 0.15) is 49.1 Å². The first-order valence-corrected chi connectivity index (χ1v) is 14.0. The molecule has 1 atom stereocenters. The second kappa shape index (κ2) is 15.7. The number of rotatable bonds is 10. The summed E-state index contributed by atoms with van der Waals surface area (Å²) in [6.45, 7) is 9.58. The van der Waals surface area contributed by atoms with E-state index in [1.807, 2.05) is 12.3 Å². The van der Waals surface area contributed by atoms with Crippen molar-refractivity contribution in [2.24, 2.45) is 0 Å². The van der Waals surface area contributed by atoms with Gasteiger partial charge in [0.05, 0.1) is 11.2 Å². The van der Waals surface area contributed by atoms with Crippen molar-refractivity contribution in [1.82, 2.24) is 10.3 Å². The fourth-order valence-corrected chi connectivity index (χ4v) is 4.51. The molecule has 0 fully saturated rings. The number of alkyl halides is 3. The Bertz CT molecular complexity index is 1370. The molecule has 1 unspecified atom stereocenters. The van der Waals surface area contributed by atoms with Crippen LogP contribution in [0.15, 0.2) is 151 Å². The maximum Gasteiger partial charge on any atom is 0.415 e. The Morgan fingerprint density at radius 2 is 1.33 bits per heavy atom. The van der Waals surface area contributed by atoms with Crippen molar-refractivity contribution in [3.8, 4) is 0 Å². The summed E-state index contributed by atoms with van der Waals surface area (Å²) in [6.07, 6.45) is 2.33. The SMILES string of the molecule is C=C(/C=C\C=C(C)C)C(F)(F)F.CC(Cc1ccccc1)(NCC(c1ccccc1)c1ccccc1)c1ccccn1. The number of hydrogen-bond acceptors (Lipinski definition) is 2. The van der Waals surface area contributed by atoms with Crippen LogP contribution in [0.2, 0.25) is 0 Å². The van der Waals surface area contributed by atoms with Crippen molar-refractivity contribution in [1.29, 1.82) is 0 Å². The van der Waals surface area contributed by atoms with Gasteiger partial charge in [-0.3, -0.25) is 4.98 Å². The molecule has 3 aromatic carbocycles. The molecule has 1 N–H and O–H groups in total. The van der Waals surface area contributed by atoms with E-state index >= 15 is 0 Å². The highest BCUT2D eigenvalue weighted by Gasteiger charge is 2.30. The first-order valence-electron chi connectivity index (χ1n) is 14.0. The molecule has 0 spiro atoms. The number of allylic oxidation sites excluding steroid dienone is 5. The summed E-state index contributed by atoms with van der Waals surface area (Å²) in [5.41, 5.74) is 4.84. The lowest BCUT2D eigenvalue weighted by Crippen LogP contribution is -2.44. The Hall–Kier alpha value is -4.22. The van der Waals surface area contributed by atoms with E-state index in [2.05, 4.69) is 122 Å². The molecule has 0 saturated heterocycles. The van der Waals surface area contributed by atoms with E-state index < -0.39 is 11.7 Å². The van der Waals surface area contributed by atoms with Gasteiger partial charge in [0.15, 0.2) is 0 Å². The van der Waals surface area contributed by atoms with Crippen LogP contribution in [0.4, 0.5) is 13.2 Å². The predicted octanol–water partition coefficient (Wildman–Crippen LogP) is 9.59. The third-order valence-electron chi connectivity index (χ3n) is 6.82. The first kappa shape index (κ1) is 32.3. The number of pyridine rings is 1. The summed E-state index contributed by atoms with van der Waals surface area (Å²) >= 11 is 0. The molecule has 2 nitrogen and oxygen atoms in total. The van der Waals surface area contributed by atoms with Gasteiger partial charge in [0.1, 0.15) is 0 Å². The smallest absolute Gasteiger partial charge is 0.305 e. The zero-order valence-corrected chi connectivity index (χ0v) is 24.5. The molecule has 42 heavy (non-hydrogen) atoms. The van der Waals surface area contributed by atoms with Crippen LogP contribution in [0.25, 0.3) is 0 Å². The highest BCUT2D eigenvalue weighted by molar-refractivity contribution is 5.33. The molecule has 0 aliphatic carbocycles. The summed E-state index contributed by atoms with van der Waals surface area (Å²) in [4.78, 5) is 4.71. The highest BCUT2D eigenvalue weighted by Crippen LogP contribution is 2.29. The van der Waals surface area contributed by atoms with Gasteiger partial charge >= 0.3 is 6.18 Å². The van der Waals surface area contributed by atoms with Crippen LogP contribution < -0.4 is 5.32 Å². The maximum absolute atomic E-state index is 11.8. The summed E-state index contributed by atoms with van der Waals surface area (Å²) in [6, 6.07) is 38.3. The van der Waals surface area contributed by atoms with Crippen LogP contribution >= 0.6 is 0 Å². The molecule has 0 aliphatic rings. The van der Waals surface area contributed by atoms with Crippen molar-refractivity contribution in [2.45, 2.75) is 44.8 Å². The van der Waals surface area contributed by atoms with Gasteiger partial charge in [-0.25, -0.2) is 0 Å². The van der Waals surface area contributed by atoms with Crippen molar-refractivity contribution < 1.29 is 13.2 Å². The molecule has 1 heterocycles.